The molecule has 2 heterocycles. The number of benzene rings is 2. The van der Waals surface area contributed by atoms with Crippen LogP contribution in [0.4, 0.5) is 14.9 Å². The Morgan fingerprint density at radius 3 is 2.26 bits per heavy atom. The Morgan fingerprint density at radius 1 is 0.871 bits per heavy atom. The van der Waals surface area contributed by atoms with E-state index in [1.807, 2.05) is 17.0 Å². The summed E-state index contributed by atoms with van der Waals surface area (Å²) >= 11 is 0. The molecule has 0 radical (unpaired) electrons. The van der Waals surface area contributed by atoms with Crippen molar-refractivity contribution in [2.24, 2.45) is 0 Å². The van der Waals surface area contributed by atoms with E-state index in [0.717, 1.165) is 63.6 Å². The second kappa shape index (κ2) is 8.99. The number of piperidine rings is 1. The van der Waals surface area contributed by atoms with Gasteiger partial charge in [0.05, 0.1) is 0 Å². The van der Waals surface area contributed by atoms with E-state index in [0.29, 0.717) is 5.92 Å². The van der Waals surface area contributed by atoms with Gasteiger partial charge < -0.3 is 10.2 Å². The zero-order valence-electron chi connectivity index (χ0n) is 18.2. The zero-order chi connectivity index (χ0) is 21.2. The Bertz CT molecular complexity index is 917. The number of hydrogen-bond donors (Lipinski definition) is 1. The molecule has 0 unspecified atom stereocenters. The van der Waals surface area contributed by atoms with Crippen LogP contribution in [0.1, 0.15) is 54.7 Å². The number of hydrogen-bond acceptors (Lipinski definition) is 2. The third kappa shape index (κ3) is 4.62. The first-order valence-corrected chi connectivity index (χ1v) is 11.8. The van der Waals surface area contributed by atoms with Gasteiger partial charge in [-0.15, -0.1) is 0 Å². The lowest BCUT2D eigenvalue weighted by molar-refractivity contribution is 0.133. The first-order valence-electron chi connectivity index (χ1n) is 11.8. The van der Waals surface area contributed by atoms with Crippen LogP contribution < -0.4 is 5.32 Å². The van der Waals surface area contributed by atoms with Gasteiger partial charge in [-0.05, 0) is 85.4 Å². The van der Waals surface area contributed by atoms with Gasteiger partial charge in [0.15, 0.2) is 0 Å². The Balaban J connectivity index is 1.16. The molecular weight excluding hydrogens is 389 g/mol. The van der Waals surface area contributed by atoms with Crippen LogP contribution in [0.25, 0.3) is 0 Å². The standard InChI is InChI=1S/C26H32FN3O/c27-23-7-4-19(5-8-23)21-11-16-30(17-12-21)26(31)28-24-9-6-20-10-14-29(25-2-1-3-25)15-13-22(20)18-24/h4-9,18,21,25H,1-3,10-17H2,(H,28,31). The van der Waals surface area contributed by atoms with E-state index in [1.54, 1.807) is 0 Å². The number of anilines is 1. The lowest BCUT2D eigenvalue weighted by Gasteiger charge is -2.36. The van der Waals surface area contributed by atoms with E-state index in [9.17, 15) is 9.18 Å². The van der Waals surface area contributed by atoms with Gasteiger partial charge in [0.2, 0.25) is 0 Å². The predicted octanol–water partition coefficient (Wildman–Crippen LogP) is 5.19. The number of nitrogens with one attached hydrogen (secondary N) is 1. The van der Waals surface area contributed by atoms with E-state index in [4.69, 9.17) is 0 Å². The normalized spacial score (nSPS) is 20.6. The van der Waals surface area contributed by atoms with Crippen molar-refractivity contribution in [3.63, 3.8) is 0 Å². The summed E-state index contributed by atoms with van der Waals surface area (Å²) in [6.07, 6.45) is 8.10. The fourth-order valence-electron chi connectivity index (χ4n) is 5.29. The van der Waals surface area contributed by atoms with Gasteiger partial charge in [-0.25, -0.2) is 9.18 Å². The highest BCUT2D eigenvalue weighted by molar-refractivity contribution is 5.89. The average molecular weight is 422 g/mol. The molecule has 1 N–H and O–H groups in total. The maximum absolute atomic E-state index is 13.2. The maximum atomic E-state index is 13.2. The Morgan fingerprint density at radius 2 is 1.58 bits per heavy atom. The molecular formula is C26H32FN3O. The third-order valence-corrected chi connectivity index (χ3v) is 7.51. The van der Waals surface area contributed by atoms with Gasteiger partial charge in [0.1, 0.15) is 5.82 Å². The topological polar surface area (TPSA) is 35.6 Å². The molecule has 4 nitrogen and oxygen atoms in total. The van der Waals surface area contributed by atoms with Crippen LogP contribution >= 0.6 is 0 Å². The van der Waals surface area contributed by atoms with Crippen molar-refractivity contribution in [3.8, 4) is 0 Å². The summed E-state index contributed by atoms with van der Waals surface area (Å²) in [6.45, 7) is 3.75. The van der Waals surface area contributed by atoms with Crippen molar-refractivity contribution in [2.45, 2.75) is 56.9 Å². The number of amides is 2. The molecule has 1 saturated carbocycles. The molecule has 2 aliphatic heterocycles. The maximum Gasteiger partial charge on any atom is 0.321 e. The van der Waals surface area contributed by atoms with Gasteiger partial charge in [0.25, 0.3) is 0 Å². The largest absolute Gasteiger partial charge is 0.324 e. The van der Waals surface area contributed by atoms with Gasteiger partial charge in [0, 0.05) is 37.9 Å². The van der Waals surface area contributed by atoms with Crippen LogP contribution in [0.15, 0.2) is 42.5 Å². The van der Waals surface area contributed by atoms with Crippen LogP contribution in [0.3, 0.4) is 0 Å². The van der Waals surface area contributed by atoms with E-state index in [2.05, 4.69) is 28.4 Å². The monoisotopic (exact) mass is 421 g/mol. The van der Waals surface area contributed by atoms with E-state index in [1.165, 1.54) is 48.1 Å². The highest BCUT2D eigenvalue weighted by atomic mass is 19.1. The minimum atomic E-state index is -0.197. The number of carbonyl (C=O) groups is 1. The van der Waals surface area contributed by atoms with Gasteiger partial charge in [-0.3, -0.25) is 4.90 Å². The second-order valence-electron chi connectivity index (χ2n) is 9.35. The molecule has 2 aromatic rings. The number of nitrogens with zero attached hydrogens (tertiary/aromatic N) is 2. The van der Waals surface area contributed by atoms with Crippen LogP contribution in [0.2, 0.25) is 0 Å². The Kier molecular flexibility index (Phi) is 5.95. The van der Waals surface area contributed by atoms with Crippen molar-refractivity contribution in [2.75, 3.05) is 31.5 Å². The predicted molar refractivity (Wildman–Crippen MR) is 122 cm³/mol. The van der Waals surface area contributed by atoms with Gasteiger partial charge in [-0.1, -0.05) is 24.6 Å². The molecule has 2 aromatic carbocycles. The molecule has 0 atom stereocenters. The first-order chi connectivity index (χ1) is 15.2. The highest BCUT2D eigenvalue weighted by Gasteiger charge is 2.27. The number of likely N-dealkylation sites (tertiary alicyclic amines) is 1. The lowest BCUT2D eigenvalue weighted by Crippen LogP contribution is -2.41. The second-order valence-corrected chi connectivity index (χ2v) is 9.35. The molecule has 5 heteroatoms. The summed E-state index contributed by atoms with van der Waals surface area (Å²) in [5.74, 6) is 0.202. The van der Waals surface area contributed by atoms with Gasteiger partial charge >= 0.3 is 6.03 Å². The molecule has 1 aliphatic carbocycles. The Hall–Kier alpha value is -2.40. The van der Waals surface area contributed by atoms with Crippen LogP contribution in [-0.2, 0) is 12.8 Å². The quantitative estimate of drug-likeness (QED) is 0.740. The molecule has 0 bridgehead atoms. The van der Waals surface area contributed by atoms with Crippen LogP contribution in [-0.4, -0.2) is 48.1 Å². The zero-order valence-corrected chi connectivity index (χ0v) is 18.2. The smallest absolute Gasteiger partial charge is 0.321 e. The summed E-state index contributed by atoms with van der Waals surface area (Å²) < 4.78 is 13.2. The van der Waals surface area contributed by atoms with Crippen molar-refractivity contribution < 1.29 is 9.18 Å². The molecule has 164 valence electrons. The minimum absolute atomic E-state index is 0.0118. The molecule has 0 aromatic heterocycles. The summed E-state index contributed by atoms with van der Waals surface area (Å²) in [6, 6.07) is 14.0. The molecule has 5 rings (SSSR count). The van der Waals surface area contributed by atoms with E-state index >= 15 is 0 Å². The fraction of sp³-hybridized carbons (Fsp3) is 0.500. The molecule has 0 spiro atoms. The van der Waals surface area contributed by atoms with Crippen molar-refractivity contribution in [3.05, 3.63) is 65.0 Å². The number of halogens is 1. The minimum Gasteiger partial charge on any atom is -0.324 e. The van der Waals surface area contributed by atoms with E-state index in [-0.39, 0.29) is 11.8 Å². The number of fused-ring (bicyclic) bond motifs is 1. The summed E-state index contributed by atoms with van der Waals surface area (Å²) in [7, 11) is 0. The van der Waals surface area contributed by atoms with E-state index < -0.39 is 0 Å². The summed E-state index contributed by atoms with van der Waals surface area (Å²) in [5, 5.41) is 3.12. The fourth-order valence-corrected chi connectivity index (χ4v) is 5.29. The average Bonchev–Trinajstić information content (AvgIpc) is 2.96. The molecule has 3 aliphatic rings. The molecule has 2 amide bonds. The third-order valence-electron chi connectivity index (χ3n) is 7.51. The summed E-state index contributed by atoms with van der Waals surface area (Å²) in [5.41, 5.74) is 4.89. The molecule has 2 fully saturated rings. The van der Waals surface area contributed by atoms with Crippen molar-refractivity contribution >= 4 is 11.7 Å². The summed E-state index contributed by atoms with van der Waals surface area (Å²) in [4.78, 5) is 17.4. The molecule has 1 saturated heterocycles. The Labute approximate surface area is 184 Å². The molecule has 31 heavy (non-hydrogen) atoms. The number of rotatable bonds is 3. The lowest BCUT2D eigenvalue weighted by atomic mass is 9.89. The van der Waals surface area contributed by atoms with Crippen LogP contribution in [0.5, 0.6) is 0 Å². The number of urea groups is 1. The van der Waals surface area contributed by atoms with Gasteiger partial charge in [-0.2, -0.15) is 0 Å². The van der Waals surface area contributed by atoms with Crippen molar-refractivity contribution in [1.82, 2.24) is 9.80 Å². The highest BCUT2D eigenvalue weighted by Crippen LogP contribution is 2.30. The van der Waals surface area contributed by atoms with Crippen molar-refractivity contribution in [1.29, 1.82) is 0 Å². The first kappa shape index (κ1) is 20.5. The van der Waals surface area contributed by atoms with Crippen LogP contribution in [0, 0.1) is 5.82 Å². The SMILES string of the molecule is O=C(Nc1ccc2c(c1)CCN(C1CCC1)CC2)N1CCC(c2ccc(F)cc2)CC1. The number of carbonyl (C=O) groups excluding carboxylic acids is 1.